The Morgan fingerprint density at radius 1 is 0.923 bits per heavy atom. The Hall–Kier alpha value is -2.37. The van der Waals surface area contributed by atoms with Gasteiger partial charge in [0.05, 0.1) is 4.91 Å². The first kappa shape index (κ1) is 17.1. The van der Waals surface area contributed by atoms with Crippen LogP contribution in [-0.4, -0.2) is 47.1 Å². The van der Waals surface area contributed by atoms with E-state index in [0.29, 0.717) is 4.91 Å². The van der Waals surface area contributed by atoms with Crippen molar-refractivity contribution in [2.75, 3.05) is 26.2 Å². The quantitative estimate of drug-likeness (QED) is 0.783. The molecule has 1 amide bonds. The molecule has 0 radical (unpaired) electrons. The summed E-state index contributed by atoms with van der Waals surface area (Å²) < 4.78 is 0. The van der Waals surface area contributed by atoms with E-state index in [1.54, 1.807) is 0 Å². The van der Waals surface area contributed by atoms with Crippen LogP contribution in [0.25, 0.3) is 6.08 Å². The van der Waals surface area contributed by atoms with Crippen LogP contribution in [0.4, 0.5) is 0 Å². The predicted octanol–water partition coefficient (Wildman–Crippen LogP) is 3.47. The van der Waals surface area contributed by atoms with Crippen LogP contribution in [0.2, 0.25) is 0 Å². The molecular weight excluding hydrogens is 342 g/mol. The van der Waals surface area contributed by atoms with Gasteiger partial charge in [0.2, 0.25) is 0 Å². The molecule has 4 rings (SSSR count). The highest BCUT2D eigenvalue weighted by Gasteiger charge is 2.28. The normalized spacial score (nSPS) is 19.8. The van der Waals surface area contributed by atoms with Crippen molar-refractivity contribution in [2.45, 2.75) is 6.54 Å². The summed E-state index contributed by atoms with van der Waals surface area (Å²) >= 11 is 1.49. The maximum atomic E-state index is 12.2. The number of hydrogen-bond donors (Lipinski definition) is 0. The van der Waals surface area contributed by atoms with E-state index in [0.717, 1.165) is 43.5 Å². The van der Waals surface area contributed by atoms with Crippen molar-refractivity contribution in [3.8, 4) is 0 Å². The van der Waals surface area contributed by atoms with Gasteiger partial charge in [-0.3, -0.25) is 9.69 Å². The minimum Gasteiger partial charge on any atom is -0.348 e. The molecule has 0 spiro atoms. The molecule has 132 valence electrons. The summed E-state index contributed by atoms with van der Waals surface area (Å²) in [6, 6.07) is 20.5. The number of rotatable bonds is 3. The maximum Gasteiger partial charge on any atom is 0.286 e. The number of amides is 1. The van der Waals surface area contributed by atoms with Gasteiger partial charge < -0.3 is 4.90 Å². The van der Waals surface area contributed by atoms with Gasteiger partial charge in [-0.25, -0.2) is 0 Å². The van der Waals surface area contributed by atoms with Gasteiger partial charge in [-0.2, -0.15) is 4.99 Å². The molecule has 5 heteroatoms. The van der Waals surface area contributed by atoms with E-state index in [4.69, 9.17) is 0 Å². The summed E-state index contributed by atoms with van der Waals surface area (Å²) in [7, 11) is 0. The molecule has 2 aromatic carbocycles. The standard InChI is InChI=1S/C21H21N3OS/c25-20-19(15-17-7-3-1-4-8-17)26-21(22-20)24-13-11-23(12-14-24)16-18-9-5-2-6-10-18/h1-10,15H,11-14,16H2/b19-15+. The highest BCUT2D eigenvalue weighted by molar-refractivity contribution is 8.18. The largest absolute Gasteiger partial charge is 0.348 e. The molecule has 2 heterocycles. The third kappa shape index (κ3) is 4.06. The van der Waals surface area contributed by atoms with Crippen molar-refractivity contribution in [3.63, 3.8) is 0 Å². The fourth-order valence-corrected chi connectivity index (χ4v) is 4.14. The molecule has 2 aromatic rings. The summed E-state index contributed by atoms with van der Waals surface area (Å²) in [5.74, 6) is -0.124. The van der Waals surface area contributed by atoms with Crippen LogP contribution in [0.3, 0.4) is 0 Å². The molecule has 0 N–H and O–H groups in total. The first-order valence-corrected chi connectivity index (χ1v) is 9.68. The Kier molecular flexibility index (Phi) is 5.18. The molecule has 4 nitrogen and oxygen atoms in total. The van der Waals surface area contributed by atoms with E-state index in [-0.39, 0.29) is 5.91 Å². The van der Waals surface area contributed by atoms with Gasteiger partial charge in [-0.15, -0.1) is 0 Å². The van der Waals surface area contributed by atoms with E-state index >= 15 is 0 Å². The average molecular weight is 363 g/mol. The second-order valence-electron chi connectivity index (χ2n) is 6.47. The molecule has 0 aromatic heterocycles. The van der Waals surface area contributed by atoms with Crippen LogP contribution in [0.1, 0.15) is 11.1 Å². The van der Waals surface area contributed by atoms with E-state index < -0.39 is 0 Å². The first-order valence-electron chi connectivity index (χ1n) is 8.87. The maximum absolute atomic E-state index is 12.2. The number of benzene rings is 2. The Balaban J connectivity index is 1.34. The van der Waals surface area contributed by atoms with Crippen molar-refractivity contribution >= 4 is 28.9 Å². The monoisotopic (exact) mass is 363 g/mol. The molecule has 2 aliphatic rings. The van der Waals surface area contributed by atoms with Crippen molar-refractivity contribution in [1.82, 2.24) is 9.80 Å². The van der Waals surface area contributed by atoms with Gasteiger partial charge in [-0.1, -0.05) is 60.7 Å². The van der Waals surface area contributed by atoms with Crippen LogP contribution in [0.15, 0.2) is 70.6 Å². The number of carbonyl (C=O) groups is 1. The van der Waals surface area contributed by atoms with Gasteiger partial charge in [0.25, 0.3) is 5.91 Å². The minimum atomic E-state index is -0.124. The number of thioether (sulfide) groups is 1. The molecule has 0 bridgehead atoms. The zero-order valence-corrected chi connectivity index (χ0v) is 15.4. The smallest absolute Gasteiger partial charge is 0.286 e. The minimum absolute atomic E-state index is 0.124. The number of hydrogen-bond acceptors (Lipinski definition) is 4. The zero-order valence-electron chi connectivity index (χ0n) is 14.5. The summed E-state index contributed by atoms with van der Waals surface area (Å²) in [6.07, 6.45) is 1.93. The third-order valence-corrected chi connectivity index (χ3v) is 5.64. The first-order chi connectivity index (χ1) is 12.8. The molecule has 0 saturated carbocycles. The lowest BCUT2D eigenvalue weighted by molar-refractivity contribution is -0.113. The van der Waals surface area contributed by atoms with E-state index in [2.05, 4.69) is 45.1 Å². The Morgan fingerprint density at radius 2 is 1.58 bits per heavy atom. The lowest BCUT2D eigenvalue weighted by atomic mass is 10.2. The number of aliphatic imine (C=N–C) groups is 1. The molecule has 0 aliphatic carbocycles. The predicted molar refractivity (Wildman–Crippen MR) is 108 cm³/mol. The van der Waals surface area contributed by atoms with Crippen LogP contribution < -0.4 is 0 Å². The summed E-state index contributed by atoms with van der Waals surface area (Å²) in [5, 5.41) is 0.844. The summed E-state index contributed by atoms with van der Waals surface area (Å²) in [4.78, 5) is 21.9. The number of amidine groups is 1. The Morgan fingerprint density at radius 3 is 2.27 bits per heavy atom. The van der Waals surface area contributed by atoms with Gasteiger partial charge in [0.1, 0.15) is 0 Å². The van der Waals surface area contributed by atoms with Crippen LogP contribution in [0.5, 0.6) is 0 Å². The van der Waals surface area contributed by atoms with E-state index in [1.165, 1.54) is 17.3 Å². The Bertz CT molecular complexity index is 825. The van der Waals surface area contributed by atoms with Crippen LogP contribution in [-0.2, 0) is 11.3 Å². The van der Waals surface area contributed by atoms with Crippen molar-refractivity contribution < 1.29 is 4.79 Å². The third-order valence-electron chi connectivity index (χ3n) is 4.60. The van der Waals surface area contributed by atoms with Crippen molar-refractivity contribution in [3.05, 3.63) is 76.7 Å². The van der Waals surface area contributed by atoms with Crippen LogP contribution in [0, 0.1) is 0 Å². The molecule has 1 saturated heterocycles. The van der Waals surface area contributed by atoms with Gasteiger partial charge in [-0.05, 0) is 29.0 Å². The highest BCUT2D eigenvalue weighted by atomic mass is 32.2. The van der Waals surface area contributed by atoms with Gasteiger partial charge in [0.15, 0.2) is 5.17 Å². The van der Waals surface area contributed by atoms with Crippen molar-refractivity contribution in [1.29, 1.82) is 0 Å². The van der Waals surface area contributed by atoms with Gasteiger partial charge >= 0.3 is 0 Å². The number of piperazine rings is 1. The second kappa shape index (κ2) is 7.89. The second-order valence-corrected chi connectivity index (χ2v) is 7.48. The fourth-order valence-electron chi connectivity index (χ4n) is 3.17. The Labute approximate surface area is 158 Å². The molecule has 0 unspecified atom stereocenters. The van der Waals surface area contributed by atoms with E-state index in [1.807, 2.05) is 36.4 Å². The zero-order chi connectivity index (χ0) is 17.8. The lowest BCUT2D eigenvalue weighted by Crippen LogP contribution is -2.47. The van der Waals surface area contributed by atoms with Gasteiger partial charge in [0, 0.05) is 32.7 Å². The summed E-state index contributed by atoms with van der Waals surface area (Å²) in [5.41, 5.74) is 2.38. The van der Waals surface area contributed by atoms with Crippen molar-refractivity contribution in [2.24, 2.45) is 4.99 Å². The molecule has 0 atom stereocenters. The molecular formula is C21H21N3OS. The summed E-state index contributed by atoms with van der Waals surface area (Å²) in [6.45, 7) is 4.77. The topological polar surface area (TPSA) is 35.9 Å². The molecule has 2 aliphatic heterocycles. The number of carbonyl (C=O) groups excluding carboxylic acids is 1. The molecule has 1 fully saturated rings. The number of nitrogens with zero attached hydrogens (tertiary/aromatic N) is 3. The van der Waals surface area contributed by atoms with E-state index in [9.17, 15) is 4.79 Å². The average Bonchev–Trinajstić information content (AvgIpc) is 3.04. The fraction of sp³-hybridized carbons (Fsp3) is 0.238. The SMILES string of the molecule is O=C1N=C(N2CCN(Cc3ccccc3)CC2)S/C1=C/c1ccccc1. The lowest BCUT2D eigenvalue weighted by Gasteiger charge is -2.35. The van der Waals surface area contributed by atoms with Crippen LogP contribution >= 0.6 is 11.8 Å². The highest BCUT2D eigenvalue weighted by Crippen LogP contribution is 2.30. The molecule has 26 heavy (non-hydrogen) atoms.